The van der Waals surface area contributed by atoms with Gasteiger partial charge in [0.15, 0.2) is 11.5 Å². The van der Waals surface area contributed by atoms with Crippen LogP contribution in [0.2, 0.25) is 0 Å². The largest absolute Gasteiger partial charge is 0.493 e. The zero-order valence-electron chi connectivity index (χ0n) is 11.2. The summed E-state index contributed by atoms with van der Waals surface area (Å²) in [4.78, 5) is 15.6. The summed E-state index contributed by atoms with van der Waals surface area (Å²) in [6, 6.07) is 5.52. The highest BCUT2D eigenvalue weighted by molar-refractivity contribution is 7.13. The molecule has 2 aromatic rings. The maximum Gasteiger partial charge on any atom is 0.284 e. The lowest BCUT2D eigenvalue weighted by Crippen LogP contribution is -2.30. The highest BCUT2D eigenvalue weighted by Crippen LogP contribution is 2.33. The number of benzene rings is 1. The van der Waals surface area contributed by atoms with Gasteiger partial charge in [-0.25, -0.2) is 10.8 Å². The number of methoxy groups -OCH3 is 1. The monoisotopic (exact) mass is 293 g/mol. The quantitative estimate of drug-likeness (QED) is 0.499. The number of rotatable bonds is 5. The van der Waals surface area contributed by atoms with E-state index in [0.717, 1.165) is 5.56 Å². The molecule has 0 aliphatic heterocycles. The van der Waals surface area contributed by atoms with Crippen molar-refractivity contribution in [3.05, 3.63) is 29.3 Å². The number of hydrazine groups is 1. The van der Waals surface area contributed by atoms with Crippen LogP contribution in [-0.2, 0) is 0 Å². The van der Waals surface area contributed by atoms with E-state index in [9.17, 15) is 4.79 Å². The molecule has 0 spiro atoms. The number of nitrogen functional groups attached to an aromatic ring is 1. The van der Waals surface area contributed by atoms with Crippen molar-refractivity contribution < 1.29 is 14.3 Å². The first-order valence-electron chi connectivity index (χ1n) is 5.97. The highest BCUT2D eigenvalue weighted by Gasteiger charge is 2.12. The zero-order chi connectivity index (χ0) is 14.5. The van der Waals surface area contributed by atoms with E-state index in [0.29, 0.717) is 28.8 Å². The molecule has 0 unspecified atom stereocenters. The van der Waals surface area contributed by atoms with E-state index in [2.05, 4.69) is 10.4 Å². The molecule has 0 fully saturated rings. The molecule has 1 aromatic carbocycles. The summed E-state index contributed by atoms with van der Waals surface area (Å²) in [5.41, 5.74) is 3.20. The third-order valence-electron chi connectivity index (χ3n) is 2.58. The van der Waals surface area contributed by atoms with E-state index < -0.39 is 5.91 Å². The van der Waals surface area contributed by atoms with Crippen molar-refractivity contribution in [1.82, 2.24) is 10.4 Å². The Balaban J connectivity index is 2.33. The van der Waals surface area contributed by atoms with Crippen LogP contribution in [0, 0.1) is 0 Å². The van der Waals surface area contributed by atoms with Gasteiger partial charge in [0, 0.05) is 10.9 Å². The molecule has 0 aliphatic rings. The second kappa shape index (κ2) is 6.36. The fourth-order valence-corrected chi connectivity index (χ4v) is 2.46. The number of amides is 1. The third kappa shape index (κ3) is 2.89. The minimum absolute atomic E-state index is 0.292. The van der Waals surface area contributed by atoms with Crippen molar-refractivity contribution in [2.24, 2.45) is 5.84 Å². The SMILES string of the molecule is CCOc1ccc(-c2nc(C(=O)NN)cs2)cc1OC. The molecular weight excluding hydrogens is 278 g/mol. The Bertz CT molecular complexity index is 613. The molecule has 3 N–H and O–H groups in total. The fraction of sp³-hybridized carbons (Fsp3) is 0.231. The van der Waals surface area contributed by atoms with Crippen LogP contribution in [0.4, 0.5) is 0 Å². The number of carbonyl (C=O) groups excluding carboxylic acids is 1. The van der Waals surface area contributed by atoms with Gasteiger partial charge in [-0.3, -0.25) is 10.2 Å². The van der Waals surface area contributed by atoms with E-state index in [1.165, 1.54) is 11.3 Å². The molecule has 2 rings (SSSR count). The predicted molar refractivity (Wildman–Crippen MR) is 76.9 cm³/mol. The fourth-order valence-electron chi connectivity index (χ4n) is 1.66. The lowest BCUT2D eigenvalue weighted by atomic mass is 10.2. The number of thiazole rings is 1. The summed E-state index contributed by atoms with van der Waals surface area (Å²) in [6.45, 7) is 2.47. The van der Waals surface area contributed by atoms with Gasteiger partial charge in [0.25, 0.3) is 5.91 Å². The Morgan fingerprint density at radius 2 is 2.25 bits per heavy atom. The Morgan fingerprint density at radius 1 is 1.45 bits per heavy atom. The molecule has 0 radical (unpaired) electrons. The van der Waals surface area contributed by atoms with Crippen LogP contribution in [0.1, 0.15) is 17.4 Å². The van der Waals surface area contributed by atoms with Gasteiger partial charge >= 0.3 is 0 Å². The second-order valence-electron chi connectivity index (χ2n) is 3.81. The van der Waals surface area contributed by atoms with Crippen LogP contribution in [0.25, 0.3) is 10.6 Å². The number of ether oxygens (including phenoxy) is 2. The Morgan fingerprint density at radius 3 is 2.90 bits per heavy atom. The molecular formula is C13H15N3O3S. The van der Waals surface area contributed by atoms with Gasteiger partial charge in [0.05, 0.1) is 13.7 Å². The summed E-state index contributed by atoms with van der Waals surface area (Å²) in [5, 5.41) is 2.37. The molecule has 0 atom stereocenters. The molecule has 6 nitrogen and oxygen atoms in total. The summed E-state index contributed by atoms with van der Waals surface area (Å²) in [5.74, 6) is 5.97. The van der Waals surface area contributed by atoms with E-state index >= 15 is 0 Å². The highest BCUT2D eigenvalue weighted by atomic mass is 32.1. The van der Waals surface area contributed by atoms with Crippen LogP contribution in [-0.4, -0.2) is 24.6 Å². The van der Waals surface area contributed by atoms with Crippen LogP contribution < -0.4 is 20.7 Å². The van der Waals surface area contributed by atoms with Gasteiger partial charge in [0.1, 0.15) is 10.7 Å². The first-order valence-corrected chi connectivity index (χ1v) is 6.85. The van der Waals surface area contributed by atoms with Crippen molar-refractivity contribution in [2.45, 2.75) is 6.92 Å². The molecule has 0 saturated carbocycles. The van der Waals surface area contributed by atoms with Crippen LogP contribution in [0.5, 0.6) is 11.5 Å². The lowest BCUT2D eigenvalue weighted by molar-refractivity contribution is 0.0949. The van der Waals surface area contributed by atoms with Crippen LogP contribution in [0.15, 0.2) is 23.6 Å². The summed E-state index contributed by atoms with van der Waals surface area (Å²) < 4.78 is 10.7. The van der Waals surface area contributed by atoms with Crippen molar-refractivity contribution >= 4 is 17.2 Å². The molecule has 7 heteroatoms. The maximum atomic E-state index is 11.4. The molecule has 0 saturated heterocycles. The number of nitrogens with zero attached hydrogens (tertiary/aromatic N) is 1. The number of nitrogens with one attached hydrogen (secondary N) is 1. The number of nitrogens with two attached hydrogens (primary N) is 1. The van der Waals surface area contributed by atoms with Gasteiger partial charge in [-0.15, -0.1) is 11.3 Å². The predicted octanol–water partition coefficient (Wildman–Crippen LogP) is 1.82. The Kier molecular flexibility index (Phi) is 4.54. The number of carbonyl (C=O) groups is 1. The van der Waals surface area contributed by atoms with E-state index in [1.54, 1.807) is 12.5 Å². The molecule has 0 aliphatic carbocycles. The molecule has 20 heavy (non-hydrogen) atoms. The van der Waals surface area contributed by atoms with Crippen LogP contribution >= 0.6 is 11.3 Å². The Labute approximate surface area is 120 Å². The zero-order valence-corrected chi connectivity index (χ0v) is 12.0. The summed E-state index contributed by atoms with van der Waals surface area (Å²) in [7, 11) is 1.58. The minimum atomic E-state index is -0.412. The van der Waals surface area contributed by atoms with E-state index in [-0.39, 0.29) is 0 Å². The van der Waals surface area contributed by atoms with Gasteiger partial charge < -0.3 is 9.47 Å². The smallest absolute Gasteiger partial charge is 0.284 e. The molecule has 1 amide bonds. The van der Waals surface area contributed by atoms with Gasteiger partial charge in [0.2, 0.25) is 0 Å². The number of hydrogen-bond acceptors (Lipinski definition) is 6. The average Bonchev–Trinajstić information content (AvgIpc) is 2.97. The molecule has 0 bridgehead atoms. The standard InChI is InChI=1S/C13H15N3O3S/c1-3-19-10-5-4-8(6-11(10)18-2)13-15-9(7-20-13)12(17)16-14/h4-7H,3,14H2,1-2H3,(H,16,17). The first-order chi connectivity index (χ1) is 9.69. The molecule has 1 aromatic heterocycles. The number of hydrogen-bond donors (Lipinski definition) is 2. The molecule has 1 heterocycles. The van der Waals surface area contributed by atoms with E-state index in [1.807, 2.05) is 25.1 Å². The third-order valence-corrected chi connectivity index (χ3v) is 3.47. The second-order valence-corrected chi connectivity index (χ2v) is 4.67. The van der Waals surface area contributed by atoms with Crippen molar-refractivity contribution in [3.8, 4) is 22.1 Å². The molecule has 106 valence electrons. The Hall–Kier alpha value is -2.12. The lowest BCUT2D eigenvalue weighted by Gasteiger charge is -2.09. The minimum Gasteiger partial charge on any atom is -0.493 e. The van der Waals surface area contributed by atoms with Gasteiger partial charge in [-0.1, -0.05) is 0 Å². The summed E-state index contributed by atoms with van der Waals surface area (Å²) >= 11 is 1.36. The van der Waals surface area contributed by atoms with Gasteiger partial charge in [-0.2, -0.15) is 0 Å². The summed E-state index contributed by atoms with van der Waals surface area (Å²) in [6.07, 6.45) is 0. The van der Waals surface area contributed by atoms with Gasteiger partial charge in [-0.05, 0) is 25.1 Å². The van der Waals surface area contributed by atoms with Crippen molar-refractivity contribution in [2.75, 3.05) is 13.7 Å². The average molecular weight is 293 g/mol. The van der Waals surface area contributed by atoms with E-state index in [4.69, 9.17) is 15.3 Å². The number of aromatic nitrogens is 1. The van der Waals surface area contributed by atoms with Crippen molar-refractivity contribution in [3.63, 3.8) is 0 Å². The maximum absolute atomic E-state index is 11.4. The normalized spacial score (nSPS) is 10.2. The van der Waals surface area contributed by atoms with Crippen LogP contribution in [0.3, 0.4) is 0 Å². The van der Waals surface area contributed by atoms with Crippen molar-refractivity contribution in [1.29, 1.82) is 0 Å². The first kappa shape index (κ1) is 14.3. The topological polar surface area (TPSA) is 86.5 Å².